The van der Waals surface area contributed by atoms with Crippen molar-refractivity contribution in [3.8, 4) is 0 Å². The zero-order valence-electron chi connectivity index (χ0n) is 11.0. The quantitative estimate of drug-likeness (QED) is 0.711. The van der Waals surface area contributed by atoms with Crippen LogP contribution < -0.4 is 0 Å². The molecule has 1 heterocycles. The van der Waals surface area contributed by atoms with E-state index in [1.54, 1.807) is 6.92 Å². The number of cyclic esters (lactones) is 1. The average molecular weight is 256 g/mol. The molecule has 2 rings (SSSR count). The third kappa shape index (κ3) is 2.11. The lowest BCUT2D eigenvalue weighted by Crippen LogP contribution is -2.31. The highest BCUT2D eigenvalue weighted by Gasteiger charge is 2.58. The Morgan fingerprint density at radius 3 is 2.72 bits per heavy atom. The van der Waals surface area contributed by atoms with E-state index in [1.165, 1.54) is 0 Å². The van der Waals surface area contributed by atoms with Gasteiger partial charge in [-0.3, -0.25) is 9.59 Å². The summed E-state index contributed by atoms with van der Waals surface area (Å²) in [5, 5.41) is 0. The van der Waals surface area contributed by atoms with Crippen molar-refractivity contribution in [1.29, 1.82) is 0 Å². The molecule has 0 aromatic rings. The normalized spacial score (nSPS) is 38.4. The van der Waals surface area contributed by atoms with Gasteiger partial charge in [-0.25, -0.2) is 0 Å². The molecule has 1 saturated carbocycles. The van der Waals surface area contributed by atoms with Crippen LogP contribution in [0.4, 0.5) is 0 Å². The zero-order chi connectivity index (χ0) is 13.3. The molecule has 1 aliphatic carbocycles. The largest absolute Gasteiger partial charge is 0.466 e. The van der Waals surface area contributed by atoms with Gasteiger partial charge in [-0.05, 0) is 26.2 Å². The minimum Gasteiger partial charge on any atom is -0.466 e. The van der Waals surface area contributed by atoms with E-state index in [9.17, 15) is 9.59 Å². The van der Waals surface area contributed by atoms with Crippen molar-refractivity contribution in [3.05, 3.63) is 0 Å². The first-order valence-corrected chi connectivity index (χ1v) is 6.58. The van der Waals surface area contributed by atoms with Crippen molar-refractivity contribution in [2.24, 2.45) is 23.7 Å². The Hall–Kier alpha value is -1.10. The number of ether oxygens (including phenoxy) is 3. The molecule has 0 aromatic carbocycles. The molecule has 1 aliphatic heterocycles. The molecule has 5 heteroatoms. The van der Waals surface area contributed by atoms with Gasteiger partial charge >= 0.3 is 11.9 Å². The fraction of sp³-hybridized carbons (Fsp3) is 0.846. The van der Waals surface area contributed by atoms with E-state index in [0.717, 1.165) is 0 Å². The molecule has 0 radical (unpaired) electrons. The molecule has 18 heavy (non-hydrogen) atoms. The summed E-state index contributed by atoms with van der Waals surface area (Å²) in [5.41, 5.74) is 0. The van der Waals surface area contributed by atoms with Crippen molar-refractivity contribution in [2.75, 3.05) is 13.2 Å². The lowest BCUT2D eigenvalue weighted by atomic mass is 9.89. The van der Waals surface area contributed by atoms with Crippen molar-refractivity contribution < 1.29 is 23.8 Å². The lowest BCUT2D eigenvalue weighted by molar-refractivity contribution is -0.174. The van der Waals surface area contributed by atoms with E-state index in [2.05, 4.69) is 0 Å². The van der Waals surface area contributed by atoms with Gasteiger partial charge in [0.2, 0.25) is 6.29 Å². The number of carbonyl (C=O) groups is 2. The summed E-state index contributed by atoms with van der Waals surface area (Å²) in [6.07, 6.45) is 0.0826. The Labute approximate surface area is 107 Å². The monoisotopic (exact) mass is 256 g/mol. The molecule has 2 fully saturated rings. The van der Waals surface area contributed by atoms with E-state index < -0.39 is 6.29 Å². The van der Waals surface area contributed by atoms with E-state index in [-0.39, 0.29) is 35.6 Å². The molecule has 102 valence electrons. The highest BCUT2D eigenvalue weighted by molar-refractivity contribution is 5.80. The van der Waals surface area contributed by atoms with E-state index in [4.69, 9.17) is 14.2 Å². The van der Waals surface area contributed by atoms with Gasteiger partial charge in [0, 0.05) is 12.5 Å². The molecule has 0 spiro atoms. The van der Waals surface area contributed by atoms with E-state index in [1.807, 2.05) is 13.8 Å². The first-order chi connectivity index (χ1) is 8.60. The Morgan fingerprint density at radius 2 is 2.11 bits per heavy atom. The maximum Gasteiger partial charge on any atom is 0.312 e. The smallest absolute Gasteiger partial charge is 0.312 e. The van der Waals surface area contributed by atoms with Crippen molar-refractivity contribution in [1.82, 2.24) is 0 Å². The summed E-state index contributed by atoms with van der Waals surface area (Å²) in [4.78, 5) is 23.8. The van der Waals surface area contributed by atoms with Gasteiger partial charge in [-0.15, -0.1) is 0 Å². The third-order valence-corrected chi connectivity index (χ3v) is 3.86. The first-order valence-electron chi connectivity index (χ1n) is 6.58. The molecule has 0 amide bonds. The fourth-order valence-electron chi connectivity index (χ4n) is 3.17. The van der Waals surface area contributed by atoms with Gasteiger partial charge in [0.25, 0.3) is 0 Å². The maximum absolute atomic E-state index is 11.9. The number of esters is 2. The lowest BCUT2D eigenvalue weighted by Gasteiger charge is -2.21. The van der Waals surface area contributed by atoms with Crippen LogP contribution in [-0.4, -0.2) is 31.4 Å². The molecule has 1 saturated heterocycles. The van der Waals surface area contributed by atoms with Crippen molar-refractivity contribution in [3.63, 3.8) is 0 Å². The second-order valence-electron chi connectivity index (χ2n) is 4.94. The Kier molecular flexibility index (Phi) is 3.90. The van der Waals surface area contributed by atoms with Crippen LogP contribution in [0.3, 0.4) is 0 Å². The number of fused-ring (bicyclic) bond motifs is 1. The number of carbonyl (C=O) groups excluding carboxylic acids is 2. The van der Waals surface area contributed by atoms with Crippen LogP contribution in [0.15, 0.2) is 0 Å². The molecule has 5 nitrogen and oxygen atoms in total. The molecule has 0 bridgehead atoms. The van der Waals surface area contributed by atoms with Crippen molar-refractivity contribution in [2.45, 2.75) is 33.5 Å². The minimum absolute atomic E-state index is 0.141. The van der Waals surface area contributed by atoms with Crippen LogP contribution in [0.2, 0.25) is 0 Å². The predicted molar refractivity (Wildman–Crippen MR) is 62.4 cm³/mol. The third-order valence-electron chi connectivity index (χ3n) is 3.86. The van der Waals surface area contributed by atoms with E-state index >= 15 is 0 Å². The van der Waals surface area contributed by atoms with Crippen molar-refractivity contribution >= 4 is 11.9 Å². The Balaban J connectivity index is 2.18. The van der Waals surface area contributed by atoms with Gasteiger partial charge in [-0.1, -0.05) is 6.92 Å². The highest BCUT2D eigenvalue weighted by Crippen LogP contribution is 2.49. The highest BCUT2D eigenvalue weighted by atomic mass is 16.7. The summed E-state index contributed by atoms with van der Waals surface area (Å²) in [7, 11) is 0. The summed E-state index contributed by atoms with van der Waals surface area (Å²) in [5.74, 6) is -1.03. The molecule has 0 N–H and O–H groups in total. The molecule has 0 unspecified atom stereocenters. The van der Waals surface area contributed by atoms with Crippen LogP contribution in [0.25, 0.3) is 0 Å². The van der Waals surface area contributed by atoms with Crippen LogP contribution in [0.1, 0.15) is 27.2 Å². The number of hydrogen-bond donors (Lipinski definition) is 0. The second-order valence-corrected chi connectivity index (χ2v) is 4.94. The summed E-state index contributed by atoms with van der Waals surface area (Å²) in [6.45, 7) is 6.43. The van der Waals surface area contributed by atoms with Crippen LogP contribution in [0.5, 0.6) is 0 Å². The van der Waals surface area contributed by atoms with Crippen LogP contribution >= 0.6 is 0 Å². The number of hydrogen-bond acceptors (Lipinski definition) is 5. The topological polar surface area (TPSA) is 61.8 Å². The van der Waals surface area contributed by atoms with Crippen LogP contribution in [0, 0.1) is 23.7 Å². The zero-order valence-corrected chi connectivity index (χ0v) is 11.0. The number of rotatable bonds is 4. The van der Waals surface area contributed by atoms with Gasteiger partial charge in [0.05, 0.1) is 18.4 Å². The SMILES string of the molecule is CCOC(=O)[C@H]1C[C@@H](C)[C@H]2C(=O)O[C@H](OCC)[C@H]21. The standard InChI is InChI=1S/C13H20O5/c1-4-16-11(14)8-6-7(3)9-10(8)13(17-5-2)18-12(9)15/h7-10,13H,4-6H2,1-3H3/t7-,8+,9-,10+,13+/m1/s1. The molecular formula is C13H20O5. The minimum atomic E-state index is -0.591. The summed E-state index contributed by atoms with van der Waals surface area (Å²) < 4.78 is 15.8. The van der Waals surface area contributed by atoms with Crippen LogP contribution in [-0.2, 0) is 23.8 Å². The predicted octanol–water partition coefficient (Wildman–Crippen LogP) is 1.36. The maximum atomic E-state index is 11.9. The Morgan fingerprint density at radius 1 is 1.39 bits per heavy atom. The summed E-state index contributed by atoms with van der Waals surface area (Å²) >= 11 is 0. The summed E-state index contributed by atoms with van der Waals surface area (Å²) in [6, 6.07) is 0. The van der Waals surface area contributed by atoms with Gasteiger partial charge in [0.1, 0.15) is 0 Å². The van der Waals surface area contributed by atoms with E-state index in [0.29, 0.717) is 19.6 Å². The molecule has 5 atom stereocenters. The fourth-order valence-corrected chi connectivity index (χ4v) is 3.17. The molecule has 0 aromatic heterocycles. The van der Waals surface area contributed by atoms with Gasteiger partial charge in [0.15, 0.2) is 0 Å². The first kappa shape index (κ1) is 13.3. The Bertz CT molecular complexity index is 340. The van der Waals surface area contributed by atoms with Gasteiger partial charge < -0.3 is 14.2 Å². The van der Waals surface area contributed by atoms with Gasteiger partial charge in [-0.2, -0.15) is 0 Å². The molecule has 2 aliphatic rings. The average Bonchev–Trinajstić information content (AvgIpc) is 2.81. The molecular weight excluding hydrogens is 236 g/mol. The second kappa shape index (κ2) is 5.26.